The molecule has 1 aromatic carbocycles. The van der Waals surface area contributed by atoms with E-state index >= 15 is 0 Å². The Kier molecular flexibility index (Phi) is 5.65. The first-order valence-corrected chi connectivity index (χ1v) is 7.65. The predicted molar refractivity (Wildman–Crippen MR) is 76.9 cm³/mol. The van der Waals surface area contributed by atoms with Crippen molar-refractivity contribution in [2.45, 2.75) is 57.5 Å². The molecule has 19 heavy (non-hydrogen) atoms. The molecule has 1 fully saturated rings. The van der Waals surface area contributed by atoms with Crippen LogP contribution in [0.4, 0.5) is 4.39 Å². The maximum absolute atomic E-state index is 13.8. The number of aliphatic hydroxyl groups is 1. The number of hydrogen-bond donors (Lipinski definition) is 1. The fourth-order valence-electron chi connectivity index (χ4n) is 3.03. The zero-order valence-electron chi connectivity index (χ0n) is 11.2. The summed E-state index contributed by atoms with van der Waals surface area (Å²) in [6.07, 6.45) is 8.26. The molecule has 1 aliphatic rings. The molecule has 1 aliphatic carbocycles. The molecular weight excluding hydrogens is 263 g/mol. The first-order valence-electron chi connectivity index (χ1n) is 7.27. The number of rotatable bonds is 4. The molecule has 0 spiro atoms. The zero-order chi connectivity index (χ0) is 13.7. The molecule has 0 aliphatic heterocycles. The SMILES string of the molecule is OC(Cc1cccc(Cl)c1F)CC1CCCCCC1. The summed E-state index contributed by atoms with van der Waals surface area (Å²) in [4.78, 5) is 0. The maximum Gasteiger partial charge on any atom is 0.145 e. The van der Waals surface area contributed by atoms with E-state index in [1.165, 1.54) is 44.6 Å². The highest BCUT2D eigenvalue weighted by Crippen LogP contribution is 2.28. The molecule has 1 saturated carbocycles. The lowest BCUT2D eigenvalue weighted by Gasteiger charge is -2.18. The van der Waals surface area contributed by atoms with E-state index in [1.54, 1.807) is 12.1 Å². The van der Waals surface area contributed by atoms with Gasteiger partial charge in [0, 0.05) is 6.42 Å². The van der Waals surface area contributed by atoms with Crippen LogP contribution < -0.4 is 0 Å². The summed E-state index contributed by atoms with van der Waals surface area (Å²) in [7, 11) is 0. The van der Waals surface area contributed by atoms with Crippen molar-refractivity contribution >= 4 is 11.6 Å². The first kappa shape index (κ1) is 14.8. The Morgan fingerprint density at radius 1 is 1.21 bits per heavy atom. The van der Waals surface area contributed by atoms with Crippen LogP contribution in [0.2, 0.25) is 5.02 Å². The van der Waals surface area contributed by atoms with Gasteiger partial charge < -0.3 is 5.11 Å². The second-order valence-corrected chi connectivity index (χ2v) is 6.07. The molecule has 0 amide bonds. The number of benzene rings is 1. The predicted octanol–water partition coefficient (Wildman–Crippen LogP) is 4.74. The quantitative estimate of drug-likeness (QED) is 0.792. The molecule has 106 valence electrons. The van der Waals surface area contributed by atoms with E-state index in [4.69, 9.17) is 11.6 Å². The van der Waals surface area contributed by atoms with Gasteiger partial charge in [-0.25, -0.2) is 4.39 Å². The van der Waals surface area contributed by atoms with Gasteiger partial charge in [-0.05, 0) is 24.0 Å². The van der Waals surface area contributed by atoms with E-state index in [0.29, 0.717) is 17.9 Å². The molecule has 0 aromatic heterocycles. The molecule has 2 rings (SSSR count). The Labute approximate surface area is 119 Å². The van der Waals surface area contributed by atoms with Crippen LogP contribution in [0.25, 0.3) is 0 Å². The Morgan fingerprint density at radius 3 is 2.58 bits per heavy atom. The smallest absolute Gasteiger partial charge is 0.145 e. The molecule has 0 radical (unpaired) electrons. The van der Waals surface area contributed by atoms with Crippen LogP contribution in [-0.2, 0) is 6.42 Å². The van der Waals surface area contributed by atoms with Gasteiger partial charge in [0.15, 0.2) is 0 Å². The minimum Gasteiger partial charge on any atom is -0.393 e. The molecule has 1 nitrogen and oxygen atoms in total. The van der Waals surface area contributed by atoms with Crippen LogP contribution in [0.5, 0.6) is 0 Å². The van der Waals surface area contributed by atoms with Crippen LogP contribution in [-0.4, -0.2) is 11.2 Å². The van der Waals surface area contributed by atoms with E-state index in [9.17, 15) is 9.50 Å². The maximum atomic E-state index is 13.8. The van der Waals surface area contributed by atoms with E-state index in [1.807, 2.05) is 0 Å². The molecule has 3 heteroatoms. The highest BCUT2D eigenvalue weighted by molar-refractivity contribution is 6.30. The highest BCUT2D eigenvalue weighted by atomic mass is 35.5. The van der Waals surface area contributed by atoms with Crippen molar-refractivity contribution < 1.29 is 9.50 Å². The van der Waals surface area contributed by atoms with Gasteiger partial charge in [0.1, 0.15) is 5.82 Å². The van der Waals surface area contributed by atoms with Crippen molar-refractivity contribution in [1.29, 1.82) is 0 Å². The summed E-state index contributed by atoms with van der Waals surface area (Å²) in [6, 6.07) is 4.98. The molecule has 1 aromatic rings. The third-order valence-corrected chi connectivity index (χ3v) is 4.36. The van der Waals surface area contributed by atoms with Crippen molar-refractivity contribution in [2.75, 3.05) is 0 Å². The molecule has 1 unspecified atom stereocenters. The lowest BCUT2D eigenvalue weighted by molar-refractivity contribution is 0.136. The van der Waals surface area contributed by atoms with Crippen molar-refractivity contribution in [3.63, 3.8) is 0 Å². The summed E-state index contributed by atoms with van der Waals surface area (Å²) in [5, 5.41) is 10.3. The molecule has 1 N–H and O–H groups in total. The largest absolute Gasteiger partial charge is 0.393 e. The third kappa shape index (κ3) is 4.47. The minimum absolute atomic E-state index is 0.138. The van der Waals surface area contributed by atoms with Gasteiger partial charge in [0.25, 0.3) is 0 Å². The standard InChI is InChI=1S/C16H22ClFO/c17-15-9-5-8-13(16(15)18)11-14(19)10-12-6-3-1-2-4-7-12/h5,8-9,12,14,19H,1-4,6-7,10-11H2. The summed E-state index contributed by atoms with van der Waals surface area (Å²) in [6.45, 7) is 0. The fourth-order valence-corrected chi connectivity index (χ4v) is 3.22. The van der Waals surface area contributed by atoms with Crippen LogP contribution in [0.15, 0.2) is 18.2 Å². The third-order valence-electron chi connectivity index (χ3n) is 4.07. The van der Waals surface area contributed by atoms with E-state index in [2.05, 4.69) is 0 Å². The molecule has 0 saturated heterocycles. The number of halogens is 2. The second-order valence-electron chi connectivity index (χ2n) is 5.66. The Bertz CT molecular complexity index is 400. The monoisotopic (exact) mass is 284 g/mol. The van der Waals surface area contributed by atoms with Crippen molar-refractivity contribution in [3.8, 4) is 0 Å². The molecule has 1 atom stereocenters. The van der Waals surface area contributed by atoms with Gasteiger partial charge in [-0.15, -0.1) is 0 Å². The topological polar surface area (TPSA) is 20.2 Å². The Hall–Kier alpha value is -0.600. The highest BCUT2D eigenvalue weighted by Gasteiger charge is 2.18. The van der Waals surface area contributed by atoms with Gasteiger partial charge in [-0.1, -0.05) is 62.3 Å². The number of aliphatic hydroxyl groups excluding tert-OH is 1. The van der Waals surface area contributed by atoms with E-state index < -0.39 is 6.10 Å². The Morgan fingerprint density at radius 2 is 1.89 bits per heavy atom. The van der Waals surface area contributed by atoms with Crippen molar-refractivity contribution in [1.82, 2.24) is 0 Å². The Balaban J connectivity index is 1.89. The van der Waals surface area contributed by atoms with Gasteiger partial charge in [0.2, 0.25) is 0 Å². The van der Waals surface area contributed by atoms with Gasteiger partial charge in [-0.3, -0.25) is 0 Å². The zero-order valence-corrected chi connectivity index (χ0v) is 12.0. The summed E-state index contributed by atoms with van der Waals surface area (Å²) < 4.78 is 13.8. The van der Waals surface area contributed by atoms with Gasteiger partial charge in [-0.2, -0.15) is 0 Å². The average molecular weight is 285 g/mol. The van der Waals surface area contributed by atoms with Crippen LogP contribution in [0.1, 0.15) is 50.5 Å². The van der Waals surface area contributed by atoms with Crippen molar-refractivity contribution in [2.24, 2.45) is 5.92 Å². The van der Waals surface area contributed by atoms with E-state index in [0.717, 1.165) is 6.42 Å². The van der Waals surface area contributed by atoms with Gasteiger partial charge >= 0.3 is 0 Å². The lowest BCUT2D eigenvalue weighted by atomic mass is 9.91. The van der Waals surface area contributed by atoms with Crippen molar-refractivity contribution in [3.05, 3.63) is 34.6 Å². The molecular formula is C16H22ClFO. The summed E-state index contributed by atoms with van der Waals surface area (Å²) >= 11 is 5.75. The average Bonchev–Trinajstić information content (AvgIpc) is 2.63. The lowest BCUT2D eigenvalue weighted by Crippen LogP contribution is -2.17. The number of hydrogen-bond acceptors (Lipinski definition) is 1. The molecule has 0 bridgehead atoms. The minimum atomic E-state index is -0.462. The molecule has 0 heterocycles. The van der Waals surface area contributed by atoms with Crippen LogP contribution >= 0.6 is 11.6 Å². The first-order chi connectivity index (χ1) is 9.16. The second kappa shape index (κ2) is 7.25. The van der Waals surface area contributed by atoms with Gasteiger partial charge in [0.05, 0.1) is 11.1 Å². The normalized spacial score (nSPS) is 19.1. The summed E-state index contributed by atoms with van der Waals surface area (Å²) in [5.41, 5.74) is 0.522. The van der Waals surface area contributed by atoms with Crippen LogP contribution in [0, 0.1) is 11.7 Å². The summed E-state index contributed by atoms with van der Waals surface area (Å²) in [5.74, 6) is 0.212. The fraction of sp³-hybridized carbons (Fsp3) is 0.625. The van der Waals surface area contributed by atoms with E-state index in [-0.39, 0.29) is 10.8 Å². The van der Waals surface area contributed by atoms with Crippen LogP contribution in [0.3, 0.4) is 0 Å².